The van der Waals surface area contributed by atoms with Crippen molar-refractivity contribution in [1.82, 2.24) is 4.90 Å². The van der Waals surface area contributed by atoms with E-state index in [-0.39, 0.29) is 22.6 Å². The molecular formula is C14H18FNO2. The molecule has 1 amide bonds. The maximum absolute atomic E-state index is 13.1. The number of piperidine rings is 1. The number of carbonyl (C=O) groups is 1. The normalized spacial score (nSPS) is 18.7. The minimum absolute atomic E-state index is 0.0488. The number of phenolic OH excluding ortho intramolecular Hbond substituents is 1. The Morgan fingerprint density at radius 1 is 1.44 bits per heavy atom. The highest BCUT2D eigenvalue weighted by Gasteiger charge is 2.30. The summed E-state index contributed by atoms with van der Waals surface area (Å²) < 4.78 is 13.1. The van der Waals surface area contributed by atoms with E-state index in [2.05, 4.69) is 13.8 Å². The van der Waals surface area contributed by atoms with Crippen molar-refractivity contribution in [2.45, 2.75) is 26.7 Å². The van der Waals surface area contributed by atoms with Crippen LogP contribution in [0.5, 0.6) is 5.75 Å². The Kier molecular flexibility index (Phi) is 3.28. The zero-order chi connectivity index (χ0) is 13.3. The maximum Gasteiger partial charge on any atom is 0.257 e. The van der Waals surface area contributed by atoms with Crippen molar-refractivity contribution in [1.29, 1.82) is 0 Å². The number of likely N-dealkylation sites (tertiary alicyclic amines) is 1. The number of rotatable bonds is 1. The van der Waals surface area contributed by atoms with E-state index in [1.807, 2.05) is 0 Å². The van der Waals surface area contributed by atoms with E-state index in [9.17, 15) is 14.3 Å². The fourth-order valence-corrected chi connectivity index (χ4v) is 2.45. The Morgan fingerprint density at radius 3 is 2.83 bits per heavy atom. The van der Waals surface area contributed by atoms with Crippen LogP contribution >= 0.6 is 0 Å². The van der Waals surface area contributed by atoms with Crippen LogP contribution in [0.3, 0.4) is 0 Å². The van der Waals surface area contributed by atoms with Crippen molar-refractivity contribution in [3.8, 4) is 5.75 Å². The van der Waals surface area contributed by atoms with E-state index in [4.69, 9.17) is 0 Å². The van der Waals surface area contributed by atoms with Gasteiger partial charge in [0, 0.05) is 13.1 Å². The van der Waals surface area contributed by atoms with E-state index in [0.717, 1.165) is 25.0 Å². The smallest absolute Gasteiger partial charge is 0.257 e. The molecule has 0 unspecified atom stereocenters. The van der Waals surface area contributed by atoms with Crippen LogP contribution in [0.1, 0.15) is 37.0 Å². The Morgan fingerprint density at radius 2 is 2.17 bits per heavy atom. The molecule has 0 atom stereocenters. The van der Waals surface area contributed by atoms with Gasteiger partial charge in [0.25, 0.3) is 5.91 Å². The van der Waals surface area contributed by atoms with Crippen molar-refractivity contribution in [3.05, 3.63) is 29.6 Å². The molecule has 1 N–H and O–H groups in total. The van der Waals surface area contributed by atoms with Gasteiger partial charge in [-0.1, -0.05) is 13.8 Å². The average molecular weight is 251 g/mol. The molecule has 1 aliphatic rings. The summed E-state index contributed by atoms with van der Waals surface area (Å²) in [5.74, 6) is -0.961. The molecule has 1 aromatic rings. The average Bonchev–Trinajstić information content (AvgIpc) is 2.30. The lowest BCUT2D eigenvalue weighted by atomic mass is 9.84. The van der Waals surface area contributed by atoms with Crippen LogP contribution in [-0.4, -0.2) is 29.0 Å². The first-order valence-electron chi connectivity index (χ1n) is 6.17. The van der Waals surface area contributed by atoms with Gasteiger partial charge in [-0.3, -0.25) is 4.79 Å². The van der Waals surface area contributed by atoms with Gasteiger partial charge in [0.2, 0.25) is 0 Å². The fourth-order valence-electron chi connectivity index (χ4n) is 2.45. The number of halogens is 1. The van der Waals surface area contributed by atoms with Crippen LogP contribution in [0.25, 0.3) is 0 Å². The summed E-state index contributed by atoms with van der Waals surface area (Å²) >= 11 is 0. The first kappa shape index (κ1) is 12.9. The van der Waals surface area contributed by atoms with E-state index < -0.39 is 5.82 Å². The quantitative estimate of drug-likeness (QED) is 0.833. The van der Waals surface area contributed by atoms with Crippen LogP contribution in [0.4, 0.5) is 4.39 Å². The van der Waals surface area contributed by atoms with Crippen LogP contribution in [0, 0.1) is 11.2 Å². The van der Waals surface area contributed by atoms with Crippen LogP contribution in [0.15, 0.2) is 18.2 Å². The molecule has 1 aliphatic heterocycles. The molecule has 1 heterocycles. The SMILES string of the molecule is CC1(C)CCCN(C(=O)c2cc(F)ccc2O)C1. The molecule has 0 spiro atoms. The summed E-state index contributed by atoms with van der Waals surface area (Å²) in [7, 11) is 0. The van der Waals surface area contributed by atoms with E-state index >= 15 is 0 Å². The monoisotopic (exact) mass is 251 g/mol. The number of hydrogen-bond acceptors (Lipinski definition) is 2. The Hall–Kier alpha value is -1.58. The second-order valence-electron chi connectivity index (χ2n) is 5.66. The third-order valence-corrected chi connectivity index (χ3v) is 3.38. The number of phenols is 1. The Balaban J connectivity index is 2.23. The summed E-state index contributed by atoms with van der Waals surface area (Å²) in [6.07, 6.45) is 2.01. The fraction of sp³-hybridized carbons (Fsp3) is 0.500. The zero-order valence-corrected chi connectivity index (χ0v) is 10.7. The van der Waals surface area contributed by atoms with Gasteiger partial charge in [-0.2, -0.15) is 0 Å². The van der Waals surface area contributed by atoms with E-state index in [1.165, 1.54) is 6.07 Å². The van der Waals surface area contributed by atoms with Crippen LogP contribution in [-0.2, 0) is 0 Å². The lowest BCUT2D eigenvalue weighted by Crippen LogP contribution is -2.43. The number of nitrogens with zero attached hydrogens (tertiary/aromatic N) is 1. The molecule has 0 saturated carbocycles. The van der Waals surface area contributed by atoms with Crippen molar-refractivity contribution in [2.75, 3.05) is 13.1 Å². The highest BCUT2D eigenvalue weighted by atomic mass is 19.1. The summed E-state index contributed by atoms with van der Waals surface area (Å²) in [6.45, 7) is 5.52. The molecule has 2 rings (SSSR count). The first-order chi connectivity index (χ1) is 8.39. The predicted molar refractivity (Wildman–Crippen MR) is 67.0 cm³/mol. The number of aromatic hydroxyl groups is 1. The van der Waals surface area contributed by atoms with Crippen LogP contribution < -0.4 is 0 Å². The molecule has 3 nitrogen and oxygen atoms in total. The second-order valence-corrected chi connectivity index (χ2v) is 5.66. The molecule has 0 aromatic heterocycles. The molecule has 1 saturated heterocycles. The number of carbonyl (C=O) groups excluding carboxylic acids is 1. The van der Waals surface area contributed by atoms with Crippen molar-refractivity contribution in [2.24, 2.45) is 5.41 Å². The maximum atomic E-state index is 13.1. The van der Waals surface area contributed by atoms with Crippen molar-refractivity contribution >= 4 is 5.91 Å². The lowest BCUT2D eigenvalue weighted by Gasteiger charge is -2.38. The number of benzene rings is 1. The molecule has 0 radical (unpaired) electrons. The highest BCUT2D eigenvalue weighted by molar-refractivity contribution is 5.96. The zero-order valence-electron chi connectivity index (χ0n) is 10.7. The Bertz CT molecular complexity index is 471. The van der Waals surface area contributed by atoms with Gasteiger partial charge < -0.3 is 10.0 Å². The molecule has 1 fully saturated rings. The van der Waals surface area contributed by atoms with Gasteiger partial charge in [-0.05, 0) is 36.5 Å². The summed E-state index contributed by atoms with van der Waals surface area (Å²) in [6, 6.07) is 3.46. The topological polar surface area (TPSA) is 40.5 Å². The van der Waals surface area contributed by atoms with Gasteiger partial charge in [0.05, 0.1) is 5.56 Å². The van der Waals surface area contributed by atoms with Crippen molar-refractivity contribution < 1.29 is 14.3 Å². The lowest BCUT2D eigenvalue weighted by molar-refractivity contribution is 0.0580. The van der Waals surface area contributed by atoms with Gasteiger partial charge in [-0.15, -0.1) is 0 Å². The predicted octanol–water partition coefficient (Wildman–Crippen LogP) is 2.79. The molecule has 4 heteroatoms. The van der Waals surface area contributed by atoms with E-state index in [1.54, 1.807) is 4.90 Å². The minimum Gasteiger partial charge on any atom is -0.507 e. The molecule has 98 valence electrons. The minimum atomic E-state index is -0.507. The largest absolute Gasteiger partial charge is 0.507 e. The molecule has 1 aromatic carbocycles. The molecule has 0 aliphatic carbocycles. The van der Waals surface area contributed by atoms with Gasteiger partial charge >= 0.3 is 0 Å². The summed E-state index contributed by atoms with van der Waals surface area (Å²) in [5, 5.41) is 9.65. The second kappa shape index (κ2) is 4.59. The van der Waals surface area contributed by atoms with E-state index in [0.29, 0.717) is 13.1 Å². The summed E-state index contributed by atoms with van der Waals surface area (Å²) in [5.41, 5.74) is 0.129. The first-order valence-corrected chi connectivity index (χ1v) is 6.17. The third-order valence-electron chi connectivity index (χ3n) is 3.38. The Labute approximate surface area is 106 Å². The number of hydrogen-bond donors (Lipinski definition) is 1. The molecule has 18 heavy (non-hydrogen) atoms. The van der Waals surface area contributed by atoms with Gasteiger partial charge in [0.1, 0.15) is 11.6 Å². The number of amides is 1. The highest BCUT2D eigenvalue weighted by Crippen LogP contribution is 2.30. The molecule has 0 bridgehead atoms. The van der Waals surface area contributed by atoms with Gasteiger partial charge in [0.15, 0.2) is 0 Å². The standard InChI is InChI=1S/C14H18FNO2/c1-14(2)6-3-7-16(9-14)13(18)11-8-10(15)4-5-12(11)17/h4-5,8,17H,3,6-7,9H2,1-2H3. The van der Waals surface area contributed by atoms with Gasteiger partial charge in [-0.25, -0.2) is 4.39 Å². The van der Waals surface area contributed by atoms with Crippen molar-refractivity contribution in [3.63, 3.8) is 0 Å². The molecular weight excluding hydrogens is 233 g/mol. The summed E-state index contributed by atoms with van der Waals surface area (Å²) in [4.78, 5) is 14.0. The van der Waals surface area contributed by atoms with Crippen LogP contribution in [0.2, 0.25) is 0 Å². The third kappa shape index (κ3) is 2.63.